The molecule has 90 valence electrons. The fraction of sp³-hybridized carbons (Fsp3) is 0.333. The minimum absolute atomic E-state index is 0.0651. The van der Waals surface area contributed by atoms with Gasteiger partial charge < -0.3 is 5.32 Å². The number of piperidine rings is 1. The summed E-state index contributed by atoms with van der Waals surface area (Å²) < 4.78 is 26.1. The van der Waals surface area contributed by atoms with Crippen molar-refractivity contribution < 1.29 is 18.4 Å². The average molecular weight is 239 g/mol. The quantitative estimate of drug-likeness (QED) is 0.798. The summed E-state index contributed by atoms with van der Waals surface area (Å²) in [6.45, 7) is 0.415. The summed E-state index contributed by atoms with van der Waals surface area (Å²) in [6.07, 6.45) is 0.553. The van der Waals surface area contributed by atoms with Gasteiger partial charge in [0.1, 0.15) is 11.6 Å². The third-order valence-electron chi connectivity index (χ3n) is 2.81. The van der Waals surface area contributed by atoms with Gasteiger partial charge in [0.05, 0.1) is 5.56 Å². The van der Waals surface area contributed by atoms with Crippen LogP contribution in [0.4, 0.5) is 8.78 Å². The maximum atomic E-state index is 13.4. The van der Waals surface area contributed by atoms with Crippen molar-refractivity contribution in [2.45, 2.75) is 12.8 Å². The van der Waals surface area contributed by atoms with Crippen LogP contribution in [0.5, 0.6) is 0 Å². The molecule has 1 amide bonds. The number of nitrogens with one attached hydrogen (secondary N) is 1. The van der Waals surface area contributed by atoms with E-state index in [1.807, 2.05) is 0 Å². The number of benzene rings is 1. The van der Waals surface area contributed by atoms with Gasteiger partial charge >= 0.3 is 0 Å². The van der Waals surface area contributed by atoms with Crippen LogP contribution < -0.4 is 5.32 Å². The van der Waals surface area contributed by atoms with Crippen molar-refractivity contribution in [2.75, 3.05) is 6.54 Å². The molecule has 1 N–H and O–H groups in total. The second kappa shape index (κ2) is 4.61. The molecule has 0 bridgehead atoms. The molecule has 1 aromatic carbocycles. The van der Waals surface area contributed by atoms with E-state index in [0.717, 1.165) is 12.1 Å². The first-order valence-corrected chi connectivity index (χ1v) is 5.34. The Labute approximate surface area is 96.8 Å². The van der Waals surface area contributed by atoms with Gasteiger partial charge in [0.25, 0.3) is 0 Å². The molecule has 1 fully saturated rings. The molecular weight excluding hydrogens is 228 g/mol. The summed E-state index contributed by atoms with van der Waals surface area (Å²) in [7, 11) is 0. The van der Waals surface area contributed by atoms with Crippen LogP contribution in [0.1, 0.15) is 23.2 Å². The molecule has 0 spiro atoms. The topological polar surface area (TPSA) is 46.2 Å². The molecule has 1 saturated heterocycles. The van der Waals surface area contributed by atoms with Crippen LogP contribution in [-0.4, -0.2) is 18.2 Å². The lowest BCUT2D eigenvalue weighted by Gasteiger charge is -2.20. The Bertz CT molecular complexity index is 474. The van der Waals surface area contributed by atoms with Gasteiger partial charge in [-0.25, -0.2) is 8.78 Å². The summed E-state index contributed by atoms with van der Waals surface area (Å²) in [5, 5.41) is 2.60. The molecule has 3 nitrogen and oxygen atoms in total. The van der Waals surface area contributed by atoms with Crippen LogP contribution in [0.2, 0.25) is 0 Å². The Kier molecular flexibility index (Phi) is 3.17. The molecule has 1 aliphatic heterocycles. The molecule has 17 heavy (non-hydrogen) atoms. The molecule has 1 aliphatic rings. The van der Waals surface area contributed by atoms with Crippen LogP contribution >= 0.6 is 0 Å². The summed E-state index contributed by atoms with van der Waals surface area (Å²) in [4.78, 5) is 23.1. The van der Waals surface area contributed by atoms with E-state index in [1.54, 1.807) is 0 Å². The maximum Gasteiger partial charge on any atom is 0.220 e. The SMILES string of the molecule is O=C1CC(C(=O)c2ccc(F)cc2F)CCN1. The maximum absolute atomic E-state index is 13.4. The van der Waals surface area contributed by atoms with E-state index in [1.165, 1.54) is 0 Å². The number of carbonyl (C=O) groups excluding carboxylic acids is 2. The molecule has 1 aromatic rings. The van der Waals surface area contributed by atoms with Crippen LogP contribution in [0.15, 0.2) is 18.2 Å². The van der Waals surface area contributed by atoms with E-state index in [-0.39, 0.29) is 17.9 Å². The van der Waals surface area contributed by atoms with Crippen LogP contribution in [0.3, 0.4) is 0 Å². The van der Waals surface area contributed by atoms with Crippen molar-refractivity contribution in [3.63, 3.8) is 0 Å². The number of rotatable bonds is 2. The fourth-order valence-electron chi connectivity index (χ4n) is 1.92. The van der Waals surface area contributed by atoms with Crippen LogP contribution in [-0.2, 0) is 4.79 Å². The average Bonchev–Trinajstić information content (AvgIpc) is 2.28. The van der Waals surface area contributed by atoms with Gasteiger partial charge in [-0.3, -0.25) is 9.59 Å². The Morgan fingerprint density at radius 1 is 1.35 bits per heavy atom. The smallest absolute Gasteiger partial charge is 0.220 e. The molecule has 5 heteroatoms. The minimum Gasteiger partial charge on any atom is -0.356 e. The zero-order valence-electron chi connectivity index (χ0n) is 9.00. The standard InChI is InChI=1S/C12H11F2NO2/c13-8-1-2-9(10(14)6-8)12(17)7-3-4-15-11(16)5-7/h1-2,6-7H,3-5H2,(H,15,16). The number of halogens is 2. The minimum atomic E-state index is -0.874. The van der Waals surface area contributed by atoms with Gasteiger partial charge in [-0.05, 0) is 18.6 Å². The van der Waals surface area contributed by atoms with Gasteiger partial charge in [-0.2, -0.15) is 0 Å². The fourth-order valence-corrected chi connectivity index (χ4v) is 1.92. The predicted octanol–water partition coefficient (Wildman–Crippen LogP) is 1.67. The van der Waals surface area contributed by atoms with Crippen molar-refractivity contribution >= 4 is 11.7 Å². The van der Waals surface area contributed by atoms with E-state index in [0.29, 0.717) is 19.0 Å². The molecule has 1 unspecified atom stereocenters. The lowest BCUT2D eigenvalue weighted by molar-refractivity contribution is -0.123. The van der Waals surface area contributed by atoms with Crippen LogP contribution in [0.25, 0.3) is 0 Å². The molecule has 1 heterocycles. The highest BCUT2D eigenvalue weighted by Gasteiger charge is 2.27. The first-order valence-electron chi connectivity index (χ1n) is 5.34. The normalized spacial score (nSPS) is 19.9. The van der Waals surface area contributed by atoms with Gasteiger partial charge in [-0.15, -0.1) is 0 Å². The Balaban J connectivity index is 2.21. The number of hydrogen-bond acceptors (Lipinski definition) is 2. The summed E-state index contributed by atoms with van der Waals surface area (Å²) >= 11 is 0. The molecule has 1 atom stereocenters. The number of ketones is 1. The molecule has 0 radical (unpaired) electrons. The second-order valence-corrected chi connectivity index (χ2v) is 4.03. The lowest BCUT2D eigenvalue weighted by atomic mass is 9.89. The number of carbonyl (C=O) groups is 2. The number of hydrogen-bond donors (Lipinski definition) is 1. The Hall–Kier alpha value is -1.78. The molecule has 2 rings (SSSR count). The van der Waals surface area contributed by atoms with Gasteiger partial charge in [0.2, 0.25) is 5.91 Å². The van der Waals surface area contributed by atoms with E-state index in [2.05, 4.69) is 5.32 Å². The highest BCUT2D eigenvalue weighted by atomic mass is 19.1. The Morgan fingerprint density at radius 2 is 2.12 bits per heavy atom. The van der Waals surface area contributed by atoms with Crippen molar-refractivity contribution in [3.05, 3.63) is 35.4 Å². The lowest BCUT2D eigenvalue weighted by Crippen LogP contribution is -2.36. The first-order chi connectivity index (χ1) is 8.08. The number of Topliss-reactive ketones (excluding diaryl/α,β-unsaturated/α-hetero) is 1. The van der Waals surface area contributed by atoms with E-state index >= 15 is 0 Å². The highest BCUT2D eigenvalue weighted by Crippen LogP contribution is 2.21. The van der Waals surface area contributed by atoms with Crippen molar-refractivity contribution in [3.8, 4) is 0 Å². The summed E-state index contributed by atoms with van der Waals surface area (Å²) in [5.41, 5.74) is -0.147. The van der Waals surface area contributed by atoms with E-state index in [9.17, 15) is 18.4 Å². The summed E-state index contributed by atoms with van der Waals surface area (Å²) in [5.74, 6) is -2.75. The predicted molar refractivity (Wildman–Crippen MR) is 56.4 cm³/mol. The second-order valence-electron chi connectivity index (χ2n) is 4.03. The highest BCUT2D eigenvalue weighted by molar-refractivity contribution is 6.00. The largest absolute Gasteiger partial charge is 0.356 e. The first kappa shape index (κ1) is 11.7. The van der Waals surface area contributed by atoms with Gasteiger partial charge in [0.15, 0.2) is 5.78 Å². The van der Waals surface area contributed by atoms with E-state index in [4.69, 9.17) is 0 Å². The van der Waals surface area contributed by atoms with Crippen LogP contribution in [0, 0.1) is 17.6 Å². The number of amides is 1. The monoisotopic (exact) mass is 239 g/mol. The third-order valence-corrected chi connectivity index (χ3v) is 2.81. The Morgan fingerprint density at radius 3 is 2.76 bits per heavy atom. The third kappa shape index (κ3) is 2.49. The zero-order valence-corrected chi connectivity index (χ0v) is 9.00. The van der Waals surface area contributed by atoms with Crippen molar-refractivity contribution in [1.29, 1.82) is 0 Å². The molecular formula is C12H11F2NO2. The molecule has 0 aromatic heterocycles. The van der Waals surface area contributed by atoms with Gasteiger partial charge in [0, 0.05) is 24.9 Å². The van der Waals surface area contributed by atoms with Gasteiger partial charge in [-0.1, -0.05) is 0 Å². The zero-order chi connectivity index (χ0) is 12.4. The van der Waals surface area contributed by atoms with Crippen molar-refractivity contribution in [2.24, 2.45) is 5.92 Å². The molecule has 0 aliphatic carbocycles. The van der Waals surface area contributed by atoms with Crippen molar-refractivity contribution in [1.82, 2.24) is 5.32 Å². The summed E-state index contributed by atoms with van der Waals surface area (Å²) in [6, 6.07) is 2.84. The molecule has 0 saturated carbocycles. The van der Waals surface area contributed by atoms with E-state index < -0.39 is 23.3 Å².